The highest BCUT2D eigenvalue weighted by Gasteiger charge is 2.36. The maximum absolute atomic E-state index is 14.9. The van der Waals surface area contributed by atoms with Gasteiger partial charge in [-0.2, -0.15) is 0 Å². The maximum Gasteiger partial charge on any atom is 0.325 e. The number of carboxylic acids is 1. The van der Waals surface area contributed by atoms with Crippen LogP contribution in [0.1, 0.15) is 95.9 Å². The number of aromatic hydroxyl groups is 1. The van der Waals surface area contributed by atoms with Gasteiger partial charge in [-0.15, -0.1) is 0 Å². The van der Waals surface area contributed by atoms with E-state index in [0.29, 0.717) is 30.4 Å². The minimum Gasteiger partial charge on any atom is -0.508 e. The number of carbonyl (C=O) groups excluding carboxylic acids is 8. The van der Waals surface area contributed by atoms with Crippen molar-refractivity contribution < 1.29 is 53.4 Å². The van der Waals surface area contributed by atoms with Gasteiger partial charge in [-0.05, 0) is 111 Å². The van der Waals surface area contributed by atoms with E-state index in [1.807, 2.05) is 99.6 Å². The zero-order chi connectivity index (χ0) is 63.3. The number of aromatic amines is 2. The summed E-state index contributed by atoms with van der Waals surface area (Å²) < 4.78 is 0. The van der Waals surface area contributed by atoms with Crippen LogP contribution in [-0.4, -0.2) is 134 Å². The van der Waals surface area contributed by atoms with E-state index in [-0.39, 0.29) is 56.7 Å². The lowest BCUT2D eigenvalue weighted by molar-refractivity contribution is -0.142. The zero-order valence-electron chi connectivity index (χ0n) is 50.1. The number of phenolic OH excluding ortho intramolecular Hbond substituents is 1. The normalized spacial score (nSPS) is 14.8. The van der Waals surface area contributed by atoms with E-state index < -0.39 is 114 Å². The standard InChI is InChI=1S/C64H84N12O11/c1-7-37(4)55(76-62(84)54(33-43-35-68-49-22-14-12-20-46(43)49)73-57(79)47(66)30-40-17-9-8-10-18-40)63(85)69-38(5)56(78)72-53(32-42-34-67-48-21-13-11-19-45(42)48)61(83)75-52(31-41-24-26-44(77)27-25-41)60(82)71-50(23-15-16-28-65)58(80)74-51(29-36(2)3)59(81)70-39(6)64(86)87/h8-14,17-22,24-27,34-39,47,50-55,67-68,77H,7,15-16,23,28-33,65-66H2,1-6H3,(H,69,85)(H,70,81)(H,71,82)(H,72,78)(H,73,79)(H,74,80)(H,75,83)(H,76,84)(H,86,87)/t37-,38-,39-,47-,50-,51-,52-,53-,54-,55-/m0/s1. The SMILES string of the molecule is CC[C@H](C)[C@H](NC(=O)[C@H](Cc1c[nH]c2ccccc12)NC(=O)[C@@H](N)Cc1ccccc1)C(=O)N[C@@H](C)C(=O)N[C@@H](Cc1c[nH]c2ccccc12)C(=O)N[C@@H](Cc1ccc(O)cc1)C(=O)N[C@@H](CCCCN)C(=O)N[C@@H](CC(C)C)C(=O)N[C@@H](C)C(=O)O. The molecular weight excluding hydrogens is 1110 g/mol. The number of H-pyrrole nitrogens is 2. The Morgan fingerprint density at radius 3 is 1.49 bits per heavy atom. The van der Waals surface area contributed by atoms with Crippen LogP contribution >= 0.6 is 0 Å². The van der Waals surface area contributed by atoms with E-state index in [1.165, 1.54) is 26.0 Å². The maximum atomic E-state index is 14.9. The number of phenols is 1. The van der Waals surface area contributed by atoms with Gasteiger partial charge < -0.3 is 74.2 Å². The molecule has 10 atom stereocenters. The number of hydrogen-bond donors (Lipinski definition) is 14. The van der Waals surface area contributed by atoms with E-state index in [4.69, 9.17) is 11.5 Å². The van der Waals surface area contributed by atoms with Crippen LogP contribution in [0.2, 0.25) is 0 Å². The third-order valence-electron chi connectivity index (χ3n) is 15.3. The molecule has 0 unspecified atom stereocenters. The molecule has 23 heteroatoms. The number of benzene rings is 4. The first-order valence-corrected chi connectivity index (χ1v) is 29.6. The smallest absolute Gasteiger partial charge is 0.325 e. The number of unbranched alkanes of at least 4 members (excludes halogenated alkanes) is 1. The second kappa shape index (κ2) is 32.4. The van der Waals surface area contributed by atoms with Gasteiger partial charge in [0.2, 0.25) is 47.3 Å². The quantitative estimate of drug-likeness (QED) is 0.0264. The van der Waals surface area contributed by atoms with Gasteiger partial charge in [-0.1, -0.05) is 113 Å². The van der Waals surface area contributed by atoms with Crippen molar-refractivity contribution in [1.82, 2.24) is 52.5 Å². The Morgan fingerprint density at radius 1 is 0.483 bits per heavy atom. The molecule has 0 spiro atoms. The summed E-state index contributed by atoms with van der Waals surface area (Å²) in [4.78, 5) is 132. The third-order valence-corrected chi connectivity index (χ3v) is 15.3. The average Bonchev–Trinajstić information content (AvgIpc) is 4.17. The summed E-state index contributed by atoms with van der Waals surface area (Å²) in [6.07, 6.45) is 4.83. The molecule has 0 fully saturated rings. The summed E-state index contributed by atoms with van der Waals surface area (Å²) in [5.74, 6) is -7.86. The second-order valence-electron chi connectivity index (χ2n) is 22.7. The van der Waals surface area contributed by atoms with Crippen molar-refractivity contribution in [3.05, 3.63) is 138 Å². The number of nitrogens with one attached hydrogen (secondary N) is 10. The second-order valence-corrected chi connectivity index (χ2v) is 22.7. The van der Waals surface area contributed by atoms with Gasteiger partial charge in [-0.25, -0.2) is 0 Å². The fraction of sp³-hybridized carbons (Fsp3) is 0.422. The highest BCUT2D eigenvalue weighted by molar-refractivity contribution is 5.99. The van der Waals surface area contributed by atoms with Crippen LogP contribution < -0.4 is 54.0 Å². The van der Waals surface area contributed by atoms with E-state index >= 15 is 0 Å². The van der Waals surface area contributed by atoms with Gasteiger partial charge >= 0.3 is 5.97 Å². The first-order chi connectivity index (χ1) is 41.5. The lowest BCUT2D eigenvalue weighted by Crippen LogP contribution is -2.61. The lowest BCUT2D eigenvalue weighted by Gasteiger charge is -2.29. The van der Waals surface area contributed by atoms with Gasteiger partial charge in [0, 0.05) is 53.5 Å². The van der Waals surface area contributed by atoms with E-state index in [0.717, 1.165) is 32.9 Å². The summed E-state index contributed by atoms with van der Waals surface area (Å²) in [6, 6.07) is 18.6. The van der Waals surface area contributed by atoms with Crippen LogP contribution in [0.4, 0.5) is 0 Å². The van der Waals surface area contributed by atoms with Crippen LogP contribution in [0, 0.1) is 11.8 Å². The molecule has 8 amide bonds. The van der Waals surface area contributed by atoms with Crippen molar-refractivity contribution in [1.29, 1.82) is 0 Å². The number of carboxylic acid groups (broad SMARTS) is 1. The van der Waals surface area contributed by atoms with Gasteiger partial charge in [0.1, 0.15) is 54.1 Å². The van der Waals surface area contributed by atoms with Crippen LogP contribution in [0.5, 0.6) is 5.75 Å². The monoisotopic (exact) mass is 1200 g/mol. The Bertz CT molecular complexity index is 3310. The largest absolute Gasteiger partial charge is 0.508 e. The molecule has 0 saturated carbocycles. The van der Waals surface area contributed by atoms with Crippen LogP contribution in [0.15, 0.2) is 116 Å². The molecule has 2 heterocycles. The molecule has 87 heavy (non-hydrogen) atoms. The Morgan fingerprint density at radius 2 is 0.943 bits per heavy atom. The van der Waals surface area contributed by atoms with Crippen molar-refractivity contribution >= 4 is 75.0 Å². The molecule has 2 aromatic heterocycles. The third kappa shape index (κ3) is 19.7. The minimum absolute atomic E-state index is 0.0330. The van der Waals surface area contributed by atoms with Crippen LogP contribution in [0.3, 0.4) is 0 Å². The number of fused-ring (bicyclic) bond motifs is 2. The fourth-order valence-electron chi connectivity index (χ4n) is 10.1. The summed E-state index contributed by atoms with van der Waals surface area (Å²) >= 11 is 0. The number of aromatic nitrogens is 2. The van der Waals surface area contributed by atoms with Crippen LogP contribution in [0.25, 0.3) is 21.8 Å². The molecule has 466 valence electrons. The molecule has 6 aromatic rings. The summed E-state index contributed by atoms with van der Waals surface area (Å²) in [5.41, 5.74) is 16.4. The molecule has 6 rings (SSSR count). The number of amides is 8. The number of carbonyl (C=O) groups is 9. The van der Waals surface area contributed by atoms with Gasteiger partial charge in [-0.3, -0.25) is 43.2 Å². The molecule has 0 bridgehead atoms. The highest BCUT2D eigenvalue weighted by atomic mass is 16.4. The van der Waals surface area contributed by atoms with E-state index in [9.17, 15) is 53.4 Å². The number of rotatable bonds is 33. The molecule has 0 aliphatic carbocycles. The van der Waals surface area contributed by atoms with Crippen molar-refractivity contribution in [3.8, 4) is 5.75 Å². The highest BCUT2D eigenvalue weighted by Crippen LogP contribution is 2.22. The topological polar surface area (TPSA) is 374 Å². The Kier molecular flexibility index (Phi) is 25.0. The summed E-state index contributed by atoms with van der Waals surface area (Å²) in [6.45, 7) is 10.2. The average molecular weight is 1200 g/mol. The predicted octanol–water partition coefficient (Wildman–Crippen LogP) is 3.18. The van der Waals surface area contributed by atoms with E-state index in [1.54, 1.807) is 31.5 Å². The van der Waals surface area contributed by atoms with Crippen molar-refractivity contribution in [2.45, 2.75) is 154 Å². The summed E-state index contributed by atoms with van der Waals surface area (Å²) in [5, 5.41) is 43.1. The van der Waals surface area contributed by atoms with Crippen molar-refractivity contribution in [2.24, 2.45) is 23.3 Å². The number of para-hydroxylation sites is 2. The first kappa shape index (κ1) is 67.0. The Labute approximate surface area is 506 Å². The molecule has 0 aliphatic rings. The molecule has 23 nitrogen and oxygen atoms in total. The predicted molar refractivity (Wildman–Crippen MR) is 330 cm³/mol. The molecule has 0 radical (unpaired) electrons. The van der Waals surface area contributed by atoms with Gasteiger partial charge in [0.25, 0.3) is 0 Å². The van der Waals surface area contributed by atoms with Gasteiger partial charge in [0.15, 0.2) is 0 Å². The molecule has 0 saturated heterocycles. The molecular formula is C64H84N12O11. The number of hydrogen-bond acceptors (Lipinski definition) is 12. The molecule has 4 aromatic carbocycles. The van der Waals surface area contributed by atoms with Crippen LogP contribution in [-0.2, 0) is 68.8 Å². The van der Waals surface area contributed by atoms with Crippen molar-refractivity contribution in [2.75, 3.05) is 6.54 Å². The van der Waals surface area contributed by atoms with E-state index in [2.05, 4.69) is 52.5 Å². The molecule has 16 N–H and O–H groups in total. The van der Waals surface area contributed by atoms with Crippen molar-refractivity contribution in [3.63, 3.8) is 0 Å². The molecule has 0 aliphatic heterocycles. The lowest BCUT2D eigenvalue weighted by atomic mass is 9.96. The van der Waals surface area contributed by atoms with Gasteiger partial charge in [0.05, 0.1) is 6.04 Å². The number of nitrogens with two attached hydrogens (primary N) is 2. The Hall–Kier alpha value is -9.09. The first-order valence-electron chi connectivity index (χ1n) is 29.6. The Balaban J connectivity index is 1.24. The fourth-order valence-corrected chi connectivity index (χ4v) is 10.1. The zero-order valence-corrected chi connectivity index (χ0v) is 50.1. The summed E-state index contributed by atoms with van der Waals surface area (Å²) in [7, 11) is 0. The minimum atomic E-state index is -1.43. The number of aliphatic carboxylic acids is 1.